The van der Waals surface area contributed by atoms with E-state index in [1.165, 1.54) is 24.2 Å². The zero-order valence-electron chi connectivity index (χ0n) is 17.5. The van der Waals surface area contributed by atoms with Crippen LogP contribution in [0.3, 0.4) is 0 Å². The van der Waals surface area contributed by atoms with Crippen molar-refractivity contribution in [1.29, 1.82) is 0 Å². The van der Waals surface area contributed by atoms with Crippen LogP contribution in [0, 0.1) is 6.92 Å². The third-order valence-corrected chi connectivity index (χ3v) is 7.25. The molecule has 0 spiro atoms. The molecule has 0 radical (unpaired) electrons. The van der Waals surface area contributed by atoms with Gasteiger partial charge < -0.3 is 9.47 Å². The van der Waals surface area contributed by atoms with Crippen LogP contribution in [0.1, 0.15) is 79.6 Å². The molecular weight excluding hydrogens is 402 g/mol. The fourth-order valence-corrected chi connectivity index (χ4v) is 5.65. The zero-order chi connectivity index (χ0) is 20.7. The summed E-state index contributed by atoms with van der Waals surface area (Å²) in [5.74, 6) is 1.05. The van der Waals surface area contributed by atoms with Crippen molar-refractivity contribution in [1.82, 2.24) is 14.5 Å². The first-order valence-corrected chi connectivity index (χ1v) is 11.7. The van der Waals surface area contributed by atoms with Crippen molar-refractivity contribution >= 4 is 39.9 Å². The van der Waals surface area contributed by atoms with E-state index < -0.39 is 0 Å². The molecule has 154 valence electrons. The molecule has 1 aliphatic carbocycles. The molecule has 0 N–H and O–H groups in total. The molecule has 1 atom stereocenters. The molecule has 4 nitrogen and oxygen atoms in total. The van der Waals surface area contributed by atoms with Crippen LogP contribution in [0.2, 0.25) is 5.02 Å². The Morgan fingerprint density at radius 3 is 2.59 bits per heavy atom. The van der Waals surface area contributed by atoms with Crippen LogP contribution < -0.4 is 0 Å². The Morgan fingerprint density at radius 1 is 1.24 bits per heavy atom. The summed E-state index contributed by atoms with van der Waals surface area (Å²) in [4.78, 5) is 21.3. The van der Waals surface area contributed by atoms with Crippen molar-refractivity contribution in [2.24, 2.45) is 0 Å². The van der Waals surface area contributed by atoms with Crippen LogP contribution in [-0.4, -0.2) is 26.4 Å². The molecule has 4 rings (SSSR count). The number of imidazole rings is 1. The van der Waals surface area contributed by atoms with Gasteiger partial charge in [0, 0.05) is 17.1 Å². The number of hydrogen-bond acceptors (Lipinski definition) is 3. The third-order valence-electron chi connectivity index (χ3n) is 6.01. The van der Waals surface area contributed by atoms with Gasteiger partial charge in [0.2, 0.25) is 0 Å². The lowest BCUT2D eigenvalue weighted by molar-refractivity contribution is 0.0614. The van der Waals surface area contributed by atoms with Gasteiger partial charge in [-0.15, -0.1) is 11.3 Å². The van der Waals surface area contributed by atoms with E-state index in [1.54, 1.807) is 0 Å². The number of halogens is 1. The van der Waals surface area contributed by atoms with Gasteiger partial charge in [-0.1, -0.05) is 24.4 Å². The standard InChI is InChI=1S/C23H28ClN3OS/c1-14(2)26(23(28)21-15(3)11-12-29-21)16(4)22-25-19-10-9-17(24)13-20(19)27(22)18-7-5-6-8-18/h9-14,16,18H,5-8H2,1-4H3. The first-order chi connectivity index (χ1) is 13.9. The molecule has 1 aliphatic rings. The van der Waals surface area contributed by atoms with Crippen molar-refractivity contribution in [2.75, 3.05) is 0 Å². The van der Waals surface area contributed by atoms with Crippen LogP contribution in [-0.2, 0) is 0 Å². The first kappa shape index (κ1) is 20.4. The second kappa shape index (κ2) is 8.11. The molecule has 1 amide bonds. The van der Waals surface area contributed by atoms with E-state index in [1.807, 2.05) is 41.5 Å². The number of carbonyl (C=O) groups is 1. The molecule has 6 heteroatoms. The second-order valence-corrected chi connectivity index (χ2v) is 9.68. The van der Waals surface area contributed by atoms with Crippen LogP contribution in [0.15, 0.2) is 29.6 Å². The number of benzene rings is 1. The summed E-state index contributed by atoms with van der Waals surface area (Å²) in [6.45, 7) is 8.27. The van der Waals surface area contributed by atoms with Gasteiger partial charge in [-0.25, -0.2) is 4.98 Å². The monoisotopic (exact) mass is 429 g/mol. The number of fused-ring (bicyclic) bond motifs is 1. The van der Waals surface area contributed by atoms with Crippen molar-refractivity contribution in [3.63, 3.8) is 0 Å². The van der Waals surface area contributed by atoms with Gasteiger partial charge in [-0.3, -0.25) is 4.79 Å². The molecule has 2 heterocycles. The quantitative estimate of drug-likeness (QED) is 0.448. The Bertz CT molecular complexity index is 1030. The van der Waals surface area contributed by atoms with Gasteiger partial charge in [-0.05, 0) is 75.7 Å². The fourth-order valence-electron chi connectivity index (χ4n) is 4.62. The van der Waals surface area contributed by atoms with E-state index in [0.29, 0.717) is 6.04 Å². The van der Waals surface area contributed by atoms with E-state index in [2.05, 4.69) is 25.3 Å². The summed E-state index contributed by atoms with van der Waals surface area (Å²) >= 11 is 7.85. The molecule has 0 bridgehead atoms. The molecule has 1 saturated carbocycles. The summed E-state index contributed by atoms with van der Waals surface area (Å²) in [5.41, 5.74) is 3.07. The third kappa shape index (κ3) is 3.71. The lowest BCUT2D eigenvalue weighted by atomic mass is 10.1. The van der Waals surface area contributed by atoms with Crippen molar-refractivity contribution in [2.45, 2.75) is 71.5 Å². The minimum Gasteiger partial charge on any atom is -0.326 e. The number of thiophene rings is 1. The Labute approximate surface area is 181 Å². The number of hydrogen-bond donors (Lipinski definition) is 0. The van der Waals surface area contributed by atoms with Crippen LogP contribution in [0.4, 0.5) is 0 Å². The number of carbonyl (C=O) groups excluding carboxylic acids is 1. The predicted molar refractivity (Wildman–Crippen MR) is 121 cm³/mol. The molecule has 1 fully saturated rings. The van der Waals surface area contributed by atoms with E-state index in [0.717, 1.165) is 45.2 Å². The molecule has 0 saturated heterocycles. The Balaban J connectivity index is 1.82. The summed E-state index contributed by atoms with van der Waals surface area (Å²) in [5, 5.41) is 2.71. The van der Waals surface area contributed by atoms with Gasteiger partial charge in [0.25, 0.3) is 5.91 Å². The van der Waals surface area contributed by atoms with Crippen LogP contribution >= 0.6 is 22.9 Å². The molecule has 1 unspecified atom stereocenters. The van der Waals surface area contributed by atoms with Gasteiger partial charge in [0.15, 0.2) is 0 Å². The second-order valence-electron chi connectivity index (χ2n) is 8.33. The summed E-state index contributed by atoms with van der Waals surface area (Å²) in [7, 11) is 0. The fraction of sp³-hybridized carbons (Fsp3) is 0.478. The SMILES string of the molecule is Cc1ccsc1C(=O)N(C(C)C)C(C)c1nc2ccc(Cl)cc2n1C1CCCC1. The normalized spacial score (nSPS) is 16.1. The van der Waals surface area contributed by atoms with Gasteiger partial charge >= 0.3 is 0 Å². The van der Waals surface area contributed by atoms with E-state index >= 15 is 0 Å². The summed E-state index contributed by atoms with van der Waals surface area (Å²) in [6, 6.07) is 8.27. The molecule has 29 heavy (non-hydrogen) atoms. The summed E-state index contributed by atoms with van der Waals surface area (Å²) in [6.07, 6.45) is 4.77. The number of aryl methyl sites for hydroxylation is 1. The Hall–Kier alpha value is -1.85. The minimum absolute atomic E-state index is 0.0689. The van der Waals surface area contributed by atoms with Crippen LogP contribution in [0.25, 0.3) is 11.0 Å². The molecule has 0 aliphatic heterocycles. The van der Waals surface area contributed by atoms with E-state index in [4.69, 9.17) is 16.6 Å². The maximum Gasteiger partial charge on any atom is 0.265 e. The smallest absolute Gasteiger partial charge is 0.265 e. The van der Waals surface area contributed by atoms with E-state index in [-0.39, 0.29) is 18.0 Å². The highest BCUT2D eigenvalue weighted by molar-refractivity contribution is 7.12. The van der Waals surface area contributed by atoms with Crippen molar-refractivity contribution < 1.29 is 4.79 Å². The maximum atomic E-state index is 13.5. The number of amides is 1. The average Bonchev–Trinajstić information content (AvgIpc) is 3.39. The van der Waals surface area contributed by atoms with E-state index in [9.17, 15) is 4.79 Å². The summed E-state index contributed by atoms with van der Waals surface area (Å²) < 4.78 is 2.36. The lowest BCUT2D eigenvalue weighted by Gasteiger charge is -2.33. The van der Waals surface area contributed by atoms with Crippen molar-refractivity contribution in [3.05, 3.63) is 50.9 Å². The molecular formula is C23H28ClN3OS. The zero-order valence-corrected chi connectivity index (χ0v) is 19.1. The average molecular weight is 430 g/mol. The predicted octanol–water partition coefficient (Wildman–Crippen LogP) is 6.79. The minimum atomic E-state index is -0.129. The maximum absolute atomic E-state index is 13.5. The van der Waals surface area contributed by atoms with Gasteiger partial charge in [0.1, 0.15) is 5.82 Å². The molecule has 1 aromatic carbocycles. The van der Waals surface area contributed by atoms with Gasteiger partial charge in [-0.2, -0.15) is 0 Å². The number of rotatable bonds is 5. The highest BCUT2D eigenvalue weighted by Gasteiger charge is 2.32. The molecule has 3 aromatic rings. The highest BCUT2D eigenvalue weighted by atomic mass is 35.5. The largest absolute Gasteiger partial charge is 0.326 e. The highest BCUT2D eigenvalue weighted by Crippen LogP contribution is 2.38. The Morgan fingerprint density at radius 2 is 1.97 bits per heavy atom. The van der Waals surface area contributed by atoms with Crippen molar-refractivity contribution in [3.8, 4) is 0 Å². The number of aromatic nitrogens is 2. The molecule has 2 aromatic heterocycles. The van der Waals surface area contributed by atoms with Crippen LogP contribution in [0.5, 0.6) is 0 Å². The first-order valence-electron chi connectivity index (χ1n) is 10.4. The Kier molecular flexibility index (Phi) is 5.71. The van der Waals surface area contributed by atoms with Gasteiger partial charge in [0.05, 0.1) is 22.0 Å². The lowest BCUT2D eigenvalue weighted by Crippen LogP contribution is -2.40. The topological polar surface area (TPSA) is 38.1 Å². The number of nitrogens with zero attached hydrogens (tertiary/aromatic N) is 3.